The molecule has 0 bridgehead atoms. The van der Waals surface area contributed by atoms with Crippen molar-refractivity contribution in [3.8, 4) is 0 Å². The highest BCUT2D eigenvalue weighted by molar-refractivity contribution is 7.89. The van der Waals surface area contributed by atoms with Crippen LogP contribution in [-0.2, 0) is 23.0 Å². The Morgan fingerprint density at radius 2 is 1.65 bits per heavy atom. The van der Waals surface area contributed by atoms with Gasteiger partial charge in [-0.1, -0.05) is 30.3 Å². The van der Waals surface area contributed by atoms with Crippen LogP contribution >= 0.6 is 0 Å². The van der Waals surface area contributed by atoms with Gasteiger partial charge in [-0.25, -0.2) is 8.42 Å². The summed E-state index contributed by atoms with van der Waals surface area (Å²) < 4.78 is 28.1. The lowest BCUT2D eigenvalue weighted by Crippen LogP contribution is -2.29. The van der Waals surface area contributed by atoms with Crippen LogP contribution in [0.25, 0.3) is 0 Å². The van der Waals surface area contributed by atoms with Gasteiger partial charge in [0.05, 0.1) is 4.90 Å². The van der Waals surface area contributed by atoms with E-state index >= 15 is 0 Å². The summed E-state index contributed by atoms with van der Waals surface area (Å²) in [4.78, 5) is 12.2. The zero-order valence-corrected chi connectivity index (χ0v) is 13.7. The minimum Gasteiger partial charge on any atom is -0.314 e. The number of sulfonamides is 1. The summed E-state index contributed by atoms with van der Waals surface area (Å²) in [5.74, 6) is 0. The number of aryl methyl sites for hydroxylation is 2. The summed E-state index contributed by atoms with van der Waals surface area (Å²) in [6.45, 7) is 1.59. The molecule has 0 atom stereocenters. The number of hydrogen-bond acceptors (Lipinski definition) is 3. The van der Waals surface area contributed by atoms with Gasteiger partial charge in [0.2, 0.25) is 10.0 Å². The summed E-state index contributed by atoms with van der Waals surface area (Å²) in [5, 5.41) is 0. The molecule has 1 saturated heterocycles. The summed E-state index contributed by atoms with van der Waals surface area (Å²) in [6.07, 6.45) is 3.95. The Morgan fingerprint density at radius 1 is 0.957 bits per heavy atom. The summed E-state index contributed by atoms with van der Waals surface area (Å²) in [6, 6.07) is 12.6. The third-order valence-electron chi connectivity index (χ3n) is 4.14. The molecular formula is C17H20N2O3S. The van der Waals surface area contributed by atoms with E-state index in [0.29, 0.717) is 26.1 Å². The molecule has 1 aromatic carbocycles. The van der Waals surface area contributed by atoms with Crippen LogP contribution in [0, 0.1) is 0 Å². The van der Waals surface area contributed by atoms with Crippen LogP contribution in [-0.4, -0.2) is 30.4 Å². The van der Waals surface area contributed by atoms with E-state index < -0.39 is 10.0 Å². The molecule has 1 aromatic heterocycles. The number of pyridine rings is 1. The maximum absolute atomic E-state index is 12.6. The minimum absolute atomic E-state index is 0.179. The standard InChI is InChI=1S/C17H20N2O3S/c20-17-9-8-16(23(21,22)19-11-4-5-12-19)14-18(17)13-10-15-6-2-1-3-7-15/h1-3,6-9,14H,4-5,10-13H2. The van der Waals surface area contributed by atoms with Gasteiger partial charge in [0.1, 0.15) is 0 Å². The Morgan fingerprint density at radius 3 is 2.35 bits per heavy atom. The van der Waals surface area contributed by atoms with Gasteiger partial charge in [0, 0.05) is 31.9 Å². The number of benzene rings is 1. The number of nitrogens with zero attached hydrogens (tertiary/aromatic N) is 2. The Hall–Kier alpha value is -1.92. The molecule has 122 valence electrons. The van der Waals surface area contributed by atoms with Crippen molar-refractivity contribution in [1.82, 2.24) is 8.87 Å². The Bertz CT molecular complexity index is 822. The lowest BCUT2D eigenvalue weighted by molar-refractivity contribution is 0.476. The molecule has 1 aliphatic heterocycles. The van der Waals surface area contributed by atoms with E-state index in [-0.39, 0.29) is 10.5 Å². The van der Waals surface area contributed by atoms with Gasteiger partial charge >= 0.3 is 0 Å². The lowest BCUT2D eigenvalue weighted by atomic mass is 10.1. The summed E-state index contributed by atoms with van der Waals surface area (Å²) in [7, 11) is -3.49. The molecule has 0 aliphatic carbocycles. The molecular weight excluding hydrogens is 312 g/mol. The second-order valence-electron chi connectivity index (χ2n) is 5.74. The summed E-state index contributed by atoms with van der Waals surface area (Å²) in [5.41, 5.74) is 0.938. The Labute approximate surface area is 136 Å². The quantitative estimate of drug-likeness (QED) is 0.840. The van der Waals surface area contributed by atoms with Crippen molar-refractivity contribution in [1.29, 1.82) is 0 Å². The molecule has 0 unspecified atom stereocenters. The molecule has 2 aromatic rings. The normalized spacial score (nSPS) is 15.8. The van der Waals surface area contributed by atoms with Crippen molar-refractivity contribution < 1.29 is 8.42 Å². The molecule has 2 heterocycles. The predicted octanol–water partition coefficient (Wildman–Crippen LogP) is 1.88. The van der Waals surface area contributed by atoms with Gasteiger partial charge in [0.25, 0.3) is 5.56 Å². The average molecular weight is 332 g/mol. The fourth-order valence-corrected chi connectivity index (χ4v) is 4.35. The molecule has 1 aliphatic rings. The number of aromatic nitrogens is 1. The monoisotopic (exact) mass is 332 g/mol. The van der Waals surface area contributed by atoms with Gasteiger partial charge in [-0.15, -0.1) is 0 Å². The highest BCUT2D eigenvalue weighted by Gasteiger charge is 2.27. The molecule has 5 nitrogen and oxygen atoms in total. The summed E-state index contributed by atoms with van der Waals surface area (Å²) >= 11 is 0. The van der Waals surface area contributed by atoms with Gasteiger partial charge in [0.15, 0.2) is 0 Å². The largest absolute Gasteiger partial charge is 0.314 e. The van der Waals surface area contributed by atoms with Gasteiger partial charge in [-0.3, -0.25) is 4.79 Å². The lowest BCUT2D eigenvalue weighted by Gasteiger charge is -2.16. The fourth-order valence-electron chi connectivity index (χ4n) is 2.81. The van der Waals surface area contributed by atoms with E-state index in [1.165, 1.54) is 27.2 Å². The van der Waals surface area contributed by atoms with Crippen molar-refractivity contribution >= 4 is 10.0 Å². The van der Waals surface area contributed by atoms with E-state index in [4.69, 9.17) is 0 Å². The van der Waals surface area contributed by atoms with Crippen LogP contribution < -0.4 is 5.56 Å². The Balaban J connectivity index is 1.83. The molecule has 1 fully saturated rings. The molecule has 0 N–H and O–H groups in total. The van der Waals surface area contributed by atoms with Crippen molar-refractivity contribution in [3.63, 3.8) is 0 Å². The second kappa shape index (κ2) is 6.68. The topological polar surface area (TPSA) is 59.4 Å². The highest BCUT2D eigenvalue weighted by atomic mass is 32.2. The van der Waals surface area contributed by atoms with Crippen LogP contribution in [0.2, 0.25) is 0 Å². The van der Waals surface area contributed by atoms with Gasteiger partial charge in [-0.05, 0) is 30.9 Å². The zero-order chi connectivity index (χ0) is 16.3. The van der Waals surface area contributed by atoms with Crippen LogP contribution in [0.5, 0.6) is 0 Å². The first-order chi connectivity index (χ1) is 11.1. The maximum atomic E-state index is 12.6. The van der Waals surface area contributed by atoms with Crippen molar-refractivity contribution in [2.24, 2.45) is 0 Å². The molecule has 0 saturated carbocycles. The van der Waals surface area contributed by atoms with E-state index in [1.807, 2.05) is 30.3 Å². The van der Waals surface area contributed by atoms with Crippen molar-refractivity contribution in [2.45, 2.75) is 30.7 Å². The van der Waals surface area contributed by atoms with E-state index in [9.17, 15) is 13.2 Å². The maximum Gasteiger partial charge on any atom is 0.250 e. The highest BCUT2D eigenvalue weighted by Crippen LogP contribution is 2.19. The Kier molecular flexibility index (Phi) is 4.63. The van der Waals surface area contributed by atoms with Crippen molar-refractivity contribution in [2.75, 3.05) is 13.1 Å². The average Bonchev–Trinajstić information content (AvgIpc) is 3.10. The number of hydrogen-bond donors (Lipinski definition) is 0. The third kappa shape index (κ3) is 3.54. The smallest absolute Gasteiger partial charge is 0.250 e. The zero-order valence-electron chi connectivity index (χ0n) is 12.9. The molecule has 6 heteroatoms. The third-order valence-corrected chi connectivity index (χ3v) is 6.03. The van der Waals surface area contributed by atoms with E-state index in [2.05, 4.69) is 0 Å². The van der Waals surface area contributed by atoms with E-state index in [0.717, 1.165) is 18.4 Å². The minimum atomic E-state index is -3.49. The van der Waals surface area contributed by atoms with Crippen LogP contribution in [0.1, 0.15) is 18.4 Å². The van der Waals surface area contributed by atoms with Gasteiger partial charge in [-0.2, -0.15) is 4.31 Å². The first kappa shape index (κ1) is 16.0. The molecule has 23 heavy (non-hydrogen) atoms. The van der Waals surface area contributed by atoms with Crippen LogP contribution in [0.3, 0.4) is 0 Å². The first-order valence-electron chi connectivity index (χ1n) is 7.82. The molecule has 0 amide bonds. The number of rotatable bonds is 5. The predicted molar refractivity (Wildman–Crippen MR) is 88.8 cm³/mol. The van der Waals surface area contributed by atoms with Crippen LogP contribution in [0.15, 0.2) is 58.4 Å². The molecule has 0 spiro atoms. The van der Waals surface area contributed by atoms with Crippen molar-refractivity contribution in [3.05, 3.63) is 64.6 Å². The first-order valence-corrected chi connectivity index (χ1v) is 9.26. The second-order valence-corrected chi connectivity index (χ2v) is 7.68. The fraction of sp³-hybridized carbons (Fsp3) is 0.353. The van der Waals surface area contributed by atoms with Crippen LogP contribution in [0.4, 0.5) is 0 Å². The SMILES string of the molecule is O=c1ccc(S(=O)(=O)N2CCCC2)cn1CCc1ccccc1. The molecule has 3 rings (SSSR count). The van der Waals surface area contributed by atoms with Gasteiger partial charge < -0.3 is 4.57 Å². The van der Waals surface area contributed by atoms with E-state index in [1.54, 1.807) is 0 Å². The molecule has 0 radical (unpaired) electrons.